The Hall–Kier alpha value is -1.30. The van der Waals surface area contributed by atoms with Gasteiger partial charge in [-0.2, -0.15) is 0 Å². The predicted octanol–water partition coefficient (Wildman–Crippen LogP) is 2.38. The first kappa shape index (κ1) is 19.0. The predicted molar refractivity (Wildman–Crippen MR) is 112 cm³/mol. The van der Waals surface area contributed by atoms with Gasteiger partial charge in [-0.1, -0.05) is 12.1 Å². The molecule has 3 aliphatic heterocycles. The fourth-order valence-electron chi connectivity index (χ4n) is 5.19. The van der Waals surface area contributed by atoms with Gasteiger partial charge in [-0.25, -0.2) is 0 Å². The van der Waals surface area contributed by atoms with Crippen LogP contribution in [-0.4, -0.2) is 93.3 Å². The summed E-state index contributed by atoms with van der Waals surface area (Å²) in [5.41, 5.74) is 1.25. The normalized spacial score (nSPS) is 27.0. The Morgan fingerprint density at radius 3 is 2.30 bits per heavy atom. The summed E-state index contributed by atoms with van der Waals surface area (Å²) in [6.45, 7) is 9.67. The molecule has 5 heteroatoms. The van der Waals surface area contributed by atoms with E-state index in [-0.39, 0.29) is 0 Å². The molecule has 0 N–H and O–H groups in total. The SMILES string of the molecule is COc1ccccc1N1CCN([C@H]2CCCN(C3CCN(C)CC3)C2)CC1. The Balaban J connectivity index is 1.31. The van der Waals surface area contributed by atoms with Gasteiger partial charge in [0.2, 0.25) is 0 Å². The van der Waals surface area contributed by atoms with Crippen molar-refractivity contribution in [1.29, 1.82) is 0 Å². The highest BCUT2D eigenvalue weighted by molar-refractivity contribution is 5.58. The van der Waals surface area contributed by atoms with Crippen molar-refractivity contribution in [3.63, 3.8) is 0 Å². The number of rotatable bonds is 4. The summed E-state index contributed by atoms with van der Waals surface area (Å²) in [5.74, 6) is 0.997. The zero-order valence-electron chi connectivity index (χ0n) is 17.1. The third-order valence-corrected chi connectivity index (χ3v) is 6.89. The number of anilines is 1. The van der Waals surface area contributed by atoms with Crippen molar-refractivity contribution in [2.24, 2.45) is 0 Å². The minimum absolute atomic E-state index is 0.748. The molecule has 3 aliphatic rings. The third-order valence-electron chi connectivity index (χ3n) is 6.89. The monoisotopic (exact) mass is 372 g/mol. The van der Waals surface area contributed by atoms with Crippen LogP contribution in [-0.2, 0) is 0 Å². The average molecular weight is 373 g/mol. The summed E-state index contributed by atoms with van der Waals surface area (Å²) in [5, 5.41) is 0. The first-order valence-corrected chi connectivity index (χ1v) is 10.8. The van der Waals surface area contributed by atoms with E-state index in [0.29, 0.717) is 0 Å². The van der Waals surface area contributed by atoms with Crippen LogP contribution >= 0.6 is 0 Å². The van der Waals surface area contributed by atoms with Gasteiger partial charge in [0.25, 0.3) is 0 Å². The molecule has 0 radical (unpaired) electrons. The summed E-state index contributed by atoms with van der Waals surface area (Å²) in [4.78, 5) is 10.5. The van der Waals surface area contributed by atoms with Crippen LogP contribution in [0.25, 0.3) is 0 Å². The number of piperidine rings is 2. The fraction of sp³-hybridized carbons (Fsp3) is 0.727. The Bertz CT molecular complexity index is 594. The zero-order chi connectivity index (χ0) is 18.6. The second-order valence-electron chi connectivity index (χ2n) is 8.52. The van der Waals surface area contributed by atoms with Crippen LogP contribution in [0.1, 0.15) is 25.7 Å². The molecule has 3 fully saturated rings. The molecular weight excluding hydrogens is 336 g/mol. The number of hydrogen-bond donors (Lipinski definition) is 0. The van der Waals surface area contributed by atoms with E-state index < -0.39 is 0 Å². The molecule has 1 aromatic rings. The second-order valence-corrected chi connectivity index (χ2v) is 8.52. The molecule has 5 nitrogen and oxygen atoms in total. The smallest absolute Gasteiger partial charge is 0.142 e. The number of piperazine rings is 1. The van der Waals surface area contributed by atoms with Crippen LogP contribution in [0, 0.1) is 0 Å². The maximum absolute atomic E-state index is 5.57. The van der Waals surface area contributed by atoms with Crippen molar-refractivity contribution >= 4 is 5.69 Å². The second kappa shape index (κ2) is 8.80. The number of benzene rings is 1. The van der Waals surface area contributed by atoms with E-state index in [2.05, 4.69) is 50.9 Å². The third kappa shape index (κ3) is 4.41. The first-order chi connectivity index (χ1) is 13.2. The molecule has 0 amide bonds. The quantitative estimate of drug-likeness (QED) is 0.807. The standard InChI is InChI=1S/C22H36N4O/c1-23-12-9-19(10-13-23)26-11-5-6-20(18-26)24-14-16-25(17-15-24)21-7-3-4-8-22(21)27-2/h3-4,7-8,19-20H,5-6,9-18H2,1-2H3/t20-/m0/s1. The molecule has 0 spiro atoms. The lowest BCUT2D eigenvalue weighted by atomic mass is 9.97. The maximum atomic E-state index is 5.57. The van der Waals surface area contributed by atoms with Gasteiger partial charge in [0.05, 0.1) is 12.8 Å². The van der Waals surface area contributed by atoms with E-state index in [1.165, 1.54) is 70.6 Å². The molecule has 150 valence electrons. The van der Waals surface area contributed by atoms with Crippen molar-refractivity contribution in [2.45, 2.75) is 37.8 Å². The van der Waals surface area contributed by atoms with Gasteiger partial charge in [-0.15, -0.1) is 0 Å². The van der Waals surface area contributed by atoms with Crippen LogP contribution in [0.4, 0.5) is 5.69 Å². The van der Waals surface area contributed by atoms with Gasteiger partial charge in [0.1, 0.15) is 5.75 Å². The van der Waals surface area contributed by atoms with Gasteiger partial charge in [-0.05, 0) is 64.5 Å². The topological polar surface area (TPSA) is 22.2 Å². The molecule has 27 heavy (non-hydrogen) atoms. The molecule has 1 atom stereocenters. The summed E-state index contributed by atoms with van der Waals surface area (Å²) in [6, 6.07) is 10.00. The Morgan fingerprint density at radius 1 is 0.815 bits per heavy atom. The molecule has 0 aliphatic carbocycles. The minimum atomic E-state index is 0.748. The summed E-state index contributed by atoms with van der Waals surface area (Å²) < 4.78 is 5.57. The number of methoxy groups -OCH3 is 1. The molecular formula is C22H36N4O. The fourth-order valence-corrected chi connectivity index (χ4v) is 5.19. The van der Waals surface area contributed by atoms with Crippen molar-refractivity contribution in [1.82, 2.24) is 14.7 Å². The van der Waals surface area contributed by atoms with E-state index in [0.717, 1.165) is 30.9 Å². The van der Waals surface area contributed by atoms with Crippen LogP contribution < -0.4 is 9.64 Å². The van der Waals surface area contributed by atoms with Gasteiger partial charge < -0.3 is 14.5 Å². The van der Waals surface area contributed by atoms with Crippen molar-refractivity contribution in [3.05, 3.63) is 24.3 Å². The minimum Gasteiger partial charge on any atom is -0.495 e. The summed E-state index contributed by atoms with van der Waals surface area (Å²) in [7, 11) is 4.03. The maximum Gasteiger partial charge on any atom is 0.142 e. The highest BCUT2D eigenvalue weighted by Crippen LogP contribution is 2.29. The van der Waals surface area contributed by atoms with Crippen LogP contribution in [0.2, 0.25) is 0 Å². The molecule has 0 bridgehead atoms. The van der Waals surface area contributed by atoms with Crippen LogP contribution in [0.5, 0.6) is 5.75 Å². The lowest BCUT2D eigenvalue weighted by Gasteiger charge is -2.47. The van der Waals surface area contributed by atoms with Crippen molar-refractivity contribution < 1.29 is 4.74 Å². The zero-order valence-corrected chi connectivity index (χ0v) is 17.1. The lowest BCUT2D eigenvalue weighted by Crippen LogP contribution is -2.57. The summed E-state index contributed by atoms with van der Waals surface area (Å²) >= 11 is 0. The van der Waals surface area contributed by atoms with Crippen molar-refractivity contribution in [2.75, 3.05) is 71.4 Å². The van der Waals surface area contributed by atoms with Gasteiger partial charge in [-0.3, -0.25) is 9.80 Å². The largest absolute Gasteiger partial charge is 0.495 e. The molecule has 1 aromatic carbocycles. The lowest BCUT2D eigenvalue weighted by molar-refractivity contribution is 0.0455. The van der Waals surface area contributed by atoms with E-state index in [1.54, 1.807) is 7.11 Å². The highest BCUT2D eigenvalue weighted by atomic mass is 16.5. The number of hydrogen-bond acceptors (Lipinski definition) is 5. The summed E-state index contributed by atoms with van der Waals surface area (Å²) in [6.07, 6.45) is 5.44. The number of para-hydroxylation sites is 2. The van der Waals surface area contributed by atoms with Gasteiger partial charge in [0.15, 0.2) is 0 Å². The van der Waals surface area contributed by atoms with E-state index in [1.807, 2.05) is 0 Å². The Kier molecular flexibility index (Phi) is 6.21. The molecule has 3 heterocycles. The Labute approximate surface area is 164 Å². The van der Waals surface area contributed by atoms with E-state index >= 15 is 0 Å². The number of likely N-dealkylation sites (tertiary alicyclic amines) is 2. The molecule has 0 aromatic heterocycles. The highest BCUT2D eigenvalue weighted by Gasteiger charge is 2.32. The average Bonchev–Trinajstić information content (AvgIpc) is 2.74. The molecule has 0 saturated carbocycles. The first-order valence-electron chi connectivity index (χ1n) is 10.8. The number of ether oxygens (including phenoxy) is 1. The molecule has 3 saturated heterocycles. The van der Waals surface area contributed by atoms with Gasteiger partial charge in [0, 0.05) is 44.8 Å². The van der Waals surface area contributed by atoms with E-state index in [9.17, 15) is 0 Å². The van der Waals surface area contributed by atoms with Crippen molar-refractivity contribution in [3.8, 4) is 5.75 Å². The van der Waals surface area contributed by atoms with Crippen LogP contribution in [0.15, 0.2) is 24.3 Å². The van der Waals surface area contributed by atoms with Crippen LogP contribution in [0.3, 0.4) is 0 Å². The Morgan fingerprint density at radius 2 is 1.56 bits per heavy atom. The van der Waals surface area contributed by atoms with E-state index in [4.69, 9.17) is 4.74 Å². The van der Waals surface area contributed by atoms with Gasteiger partial charge >= 0.3 is 0 Å². The molecule has 0 unspecified atom stereocenters. The number of nitrogens with zero attached hydrogens (tertiary/aromatic N) is 4. The molecule has 4 rings (SSSR count).